The summed E-state index contributed by atoms with van der Waals surface area (Å²) in [7, 11) is 0. The van der Waals surface area contributed by atoms with Crippen LogP contribution in [0.25, 0.3) is 0 Å². The van der Waals surface area contributed by atoms with E-state index in [9.17, 15) is 14.7 Å². The Morgan fingerprint density at radius 2 is 1.30 bits per heavy atom. The number of hydrogen-bond acceptors (Lipinski definition) is 3. The van der Waals surface area contributed by atoms with Crippen molar-refractivity contribution in [2.45, 2.75) is 25.4 Å². The van der Waals surface area contributed by atoms with Crippen LogP contribution in [0.1, 0.15) is 30.5 Å². The molecule has 0 spiro atoms. The van der Waals surface area contributed by atoms with Crippen LogP contribution in [0.15, 0.2) is 91.0 Å². The molecule has 0 saturated carbocycles. The first-order valence-electron chi connectivity index (χ1n) is 11.4. The molecule has 2 N–H and O–H groups in total. The first kappa shape index (κ1) is 22.7. The average molecular weight is 443 g/mol. The summed E-state index contributed by atoms with van der Waals surface area (Å²) in [6.45, 7) is 4.44. The van der Waals surface area contributed by atoms with E-state index in [1.54, 1.807) is 0 Å². The van der Waals surface area contributed by atoms with E-state index < -0.39 is 17.4 Å². The molecule has 2 unspecified atom stereocenters. The van der Waals surface area contributed by atoms with Crippen molar-refractivity contribution in [3.63, 3.8) is 0 Å². The van der Waals surface area contributed by atoms with Crippen molar-refractivity contribution >= 4 is 11.9 Å². The van der Waals surface area contributed by atoms with Crippen molar-refractivity contribution < 1.29 is 14.7 Å². The second-order valence-electron chi connectivity index (χ2n) is 8.91. The lowest BCUT2D eigenvalue weighted by Crippen LogP contribution is -2.43. The summed E-state index contributed by atoms with van der Waals surface area (Å²) in [6.07, 6.45) is 0. The number of amides is 1. The summed E-state index contributed by atoms with van der Waals surface area (Å²) in [5, 5.41) is 12.4. The predicted octanol–water partition coefficient (Wildman–Crippen LogP) is 4.14. The maximum absolute atomic E-state index is 13.2. The molecule has 1 aliphatic heterocycles. The molecule has 0 radical (unpaired) electrons. The number of aliphatic carboxylic acids is 1. The van der Waals surface area contributed by atoms with Gasteiger partial charge in [-0.1, -0.05) is 105 Å². The fraction of sp³-hybridized carbons (Fsp3) is 0.286. The monoisotopic (exact) mass is 442 g/mol. The molecule has 5 heteroatoms. The van der Waals surface area contributed by atoms with Crippen LogP contribution in [0.2, 0.25) is 0 Å². The smallest absolute Gasteiger partial charge is 0.308 e. The van der Waals surface area contributed by atoms with Gasteiger partial charge < -0.3 is 10.4 Å². The molecule has 0 aliphatic carbocycles. The molecule has 0 aromatic heterocycles. The maximum atomic E-state index is 13.2. The number of carbonyl (C=O) groups excluding carboxylic acids is 1. The van der Waals surface area contributed by atoms with Gasteiger partial charge in [0.05, 0.1) is 11.5 Å². The van der Waals surface area contributed by atoms with Gasteiger partial charge in [0, 0.05) is 13.1 Å². The van der Waals surface area contributed by atoms with Crippen molar-refractivity contribution in [3.8, 4) is 0 Å². The van der Waals surface area contributed by atoms with E-state index in [4.69, 9.17) is 0 Å². The normalized spacial score (nSPS) is 18.5. The van der Waals surface area contributed by atoms with Crippen LogP contribution in [-0.2, 0) is 15.1 Å². The van der Waals surface area contributed by atoms with E-state index in [0.29, 0.717) is 6.54 Å². The molecule has 33 heavy (non-hydrogen) atoms. The van der Waals surface area contributed by atoms with Crippen LogP contribution in [0.4, 0.5) is 0 Å². The molecule has 1 saturated heterocycles. The van der Waals surface area contributed by atoms with Crippen molar-refractivity contribution in [1.29, 1.82) is 0 Å². The molecule has 170 valence electrons. The van der Waals surface area contributed by atoms with E-state index >= 15 is 0 Å². The summed E-state index contributed by atoms with van der Waals surface area (Å²) in [6, 6.07) is 30.4. The zero-order valence-corrected chi connectivity index (χ0v) is 19.0. The third-order valence-electron chi connectivity index (χ3n) is 6.54. The lowest BCUT2D eigenvalue weighted by molar-refractivity contribution is -0.143. The predicted molar refractivity (Wildman–Crippen MR) is 129 cm³/mol. The topological polar surface area (TPSA) is 69.4 Å². The van der Waals surface area contributed by atoms with Gasteiger partial charge in [-0.2, -0.15) is 0 Å². The Morgan fingerprint density at radius 1 is 0.879 bits per heavy atom. The third-order valence-corrected chi connectivity index (χ3v) is 6.54. The zero-order chi connectivity index (χ0) is 23.4. The minimum atomic E-state index is -0.884. The minimum Gasteiger partial charge on any atom is -0.481 e. The molecule has 0 bridgehead atoms. The van der Waals surface area contributed by atoms with Gasteiger partial charge in [-0.05, 0) is 22.6 Å². The number of rotatable bonds is 9. The number of hydrogen-bond donors (Lipinski definition) is 2. The molecule has 1 amide bonds. The second-order valence-corrected chi connectivity index (χ2v) is 8.91. The van der Waals surface area contributed by atoms with E-state index in [1.165, 1.54) is 0 Å². The Bertz CT molecular complexity index is 987. The lowest BCUT2D eigenvalue weighted by atomic mass is 9.76. The maximum Gasteiger partial charge on any atom is 0.308 e. The fourth-order valence-electron chi connectivity index (χ4n) is 4.71. The Kier molecular flexibility index (Phi) is 6.61. The third kappa shape index (κ3) is 4.41. The molecule has 1 aliphatic rings. The number of nitrogens with one attached hydrogen (secondary N) is 1. The van der Waals surface area contributed by atoms with E-state index in [0.717, 1.165) is 16.7 Å². The number of carboxylic acid groups (broad SMARTS) is 1. The molecule has 5 nitrogen and oxygen atoms in total. The quantitative estimate of drug-likeness (QED) is 0.386. The Morgan fingerprint density at radius 3 is 1.67 bits per heavy atom. The number of benzene rings is 3. The van der Waals surface area contributed by atoms with Crippen LogP contribution in [0.3, 0.4) is 0 Å². The van der Waals surface area contributed by atoms with Gasteiger partial charge in [0.15, 0.2) is 0 Å². The van der Waals surface area contributed by atoms with E-state index in [-0.39, 0.29) is 24.4 Å². The Balaban J connectivity index is 1.72. The van der Waals surface area contributed by atoms with Crippen molar-refractivity contribution in [1.82, 2.24) is 10.2 Å². The summed E-state index contributed by atoms with van der Waals surface area (Å²) < 4.78 is 0. The van der Waals surface area contributed by atoms with E-state index in [2.05, 4.69) is 46.6 Å². The molecule has 3 aromatic carbocycles. The van der Waals surface area contributed by atoms with Crippen LogP contribution >= 0.6 is 0 Å². The highest BCUT2D eigenvalue weighted by atomic mass is 16.4. The van der Waals surface area contributed by atoms with Gasteiger partial charge in [0.2, 0.25) is 5.91 Å². The van der Waals surface area contributed by atoms with Crippen LogP contribution in [-0.4, -0.2) is 41.0 Å². The zero-order valence-electron chi connectivity index (χ0n) is 19.0. The first-order chi connectivity index (χ1) is 16.0. The molecular formula is C28H30N2O3. The fourth-order valence-corrected chi connectivity index (χ4v) is 4.71. The van der Waals surface area contributed by atoms with Crippen LogP contribution in [0.5, 0.6) is 0 Å². The first-order valence-corrected chi connectivity index (χ1v) is 11.4. The molecule has 3 atom stereocenters. The second kappa shape index (κ2) is 9.59. The molecule has 1 fully saturated rings. The van der Waals surface area contributed by atoms with Gasteiger partial charge in [-0.15, -0.1) is 0 Å². The number of carboxylic acids is 1. The molecular weight excluding hydrogens is 412 g/mol. The Hall–Kier alpha value is -3.44. The van der Waals surface area contributed by atoms with Crippen LogP contribution < -0.4 is 5.32 Å². The van der Waals surface area contributed by atoms with Gasteiger partial charge in [0.25, 0.3) is 0 Å². The average Bonchev–Trinajstić information content (AvgIpc) is 3.63. The van der Waals surface area contributed by atoms with Gasteiger partial charge in [0.1, 0.15) is 6.04 Å². The summed E-state index contributed by atoms with van der Waals surface area (Å²) in [4.78, 5) is 26.9. The molecule has 4 rings (SSSR count). The van der Waals surface area contributed by atoms with Crippen molar-refractivity contribution in [2.24, 2.45) is 11.8 Å². The standard InChI is InChI=1S/C28H30N2O3/c1-20(2)24(27(32)33)18-29-26(31)25-19-30(25)28(21-12-6-3-7-13-21,22-14-8-4-9-15-22)23-16-10-5-11-17-23/h3-17,20,24-25H,18-19H2,1-2H3,(H,29,31)(H,32,33)/t24?,25?,30-/m0/s1. The summed E-state index contributed by atoms with van der Waals surface area (Å²) in [5.41, 5.74) is 2.63. The van der Waals surface area contributed by atoms with E-state index in [1.807, 2.05) is 68.4 Å². The largest absolute Gasteiger partial charge is 0.481 e. The minimum absolute atomic E-state index is 0.0600. The SMILES string of the molecule is CC(C)C(CNC(=O)C1C[N@]1C(c1ccccc1)(c1ccccc1)c1ccccc1)C(=O)O. The Labute approximate surface area is 195 Å². The summed E-state index contributed by atoms with van der Waals surface area (Å²) >= 11 is 0. The van der Waals surface area contributed by atoms with Gasteiger partial charge in [-0.25, -0.2) is 0 Å². The summed E-state index contributed by atoms with van der Waals surface area (Å²) in [5.74, 6) is -1.68. The van der Waals surface area contributed by atoms with Gasteiger partial charge in [-0.3, -0.25) is 14.5 Å². The highest BCUT2D eigenvalue weighted by molar-refractivity contribution is 5.86. The van der Waals surface area contributed by atoms with Gasteiger partial charge >= 0.3 is 5.97 Å². The highest BCUT2D eigenvalue weighted by Gasteiger charge is 2.55. The van der Waals surface area contributed by atoms with Crippen molar-refractivity contribution in [3.05, 3.63) is 108 Å². The molecule has 1 heterocycles. The number of carbonyl (C=O) groups is 2. The van der Waals surface area contributed by atoms with Crippen LogP contribution in [0, 0.1) is 11.8 Å². The highest BCUT2D eigenvalue weighted by Crippen LogP contribution is 2.48. The van der Waals surface area contributed by atoms with Crippen molar-refractivity contribution in [2.75, 3.05) is 13.1 Å². The molecule has 3 aromatic rings. The lowest BCUT2D eigenvalue weighted by Gasteiger charge is -2.38. The number of nitrogens with zero attached hydrogens (tertiary/aromatic N) is 1.